The number of carbonyl (C=O) groups is 1. The predicted octanol–water partition coefficient (Wildman–Crippen LogP) is 1.80. The molecule has 0 spiro atoms. The van der Waals surface area contributed by atoms with Crippen LogP contribution in [0.4, 0.5) is 0 Å². The molecule has 0 radical (unpaired) electrons. The van der Waals surface area contributed by atoms with Crippen molar-refractivity contribution in [1.82, 2.24) is 14.9 Å². The molecule has 2 rings (SSSR count). The normalized spacial score (nSPS) is 11.8. The van der Waals surface area contributed by atoms with Gasteiger partial charge >= 0.3 is 0 Å². The number of imidazole rings is 1. The van der Waals surface area contributed by atoms with Gasteiger partial charge in [0.2, 0.25) is 0 Å². The number of hydrogen-bond donors (Lipinski definition) is 2. The van der Waals surface area contributed by atoms with E-state index < -0.39 is 5.60 Å². The molecule has 0 aliphatic rings. The molecule has 1 heterocycles. The molecule has 102 valence electrons. The highest BCUT2D eigenvalue weighted by Gasteiger charge is 2.22. The maximum Gasteiger partial charge on any atom is 0.254 e. The Labute approximate surface area is 112 Å². The second-order valence-corrected chi connectivity index (χ2v) is 5.27. The average Bonchev–Trinajstić information content (AvgIpc) is 2.81. The van der Waals surface area contributed by atoms with Gasteiger partial charge in [0.15, 0.2) is 0 Å². The third-order valence-electron chi connectivity index (χ3n) is 2.91. The molecule has 0 saturated heterocycles. The molecule has 1 amide bonds. The third kappa shape index (κ3) is 3.12. The molecular formula is C14H19N3O2. The summed E-state index contributed by atoms with van der Waals surface area (Å²) in [6.45, 7) is 6.16. The van der Waals surface area contributed by atoms with Crippen LogP contribution in [-0.2, 0) is 0 Å². The zero-order chi connectivity index (χ0) is 14.0. The summed E-state index contributed by atoms with van der Waals surface area (Å²) in [4.78, 5) is 21.1. The van der Waals surface area contributed by atoms with E-state index in [-0.39, 0.29) is 5.91 Å². The average molecular weight is 261 g/mol. The van der Waals surface area contributed by atoms with Gasteiger partial charge in [0.1, 0.15) is 0 Å². The Kier molecular flexibility index (Phi) is 3.57. The van der Waals surface area contributed by atoms with Crippen LogP contribution in [0.15, 0.2) is 24.5 Å². The molecule has 0 saturated carbocycles. The van der Waals surface area contributed by atoms with E-state index in [4.69, 9.17) is 0 Å². The van der Waals surface area contributed by atoms with Gasteiger partial charge in [-0.25, -0.2) is 4.98 Å². The number of fused-ring (bicyclic) bond motifs is 1. The first-order valence-electron chi connectivity index (χ1n) is 6.35. The van der Waals surface area contributed by atoms with Crippen LogP contribution in [0.25, 0.3) is 11.0 Å². The summed E-state index contributed by atoms with van der Waals surface area (Å²) in [7, 11) is 0. The van der Waals surface area contributed by atoms with Gasteiger partial charge < -0.3 is 15.0 Å². The molecule has 2 N–H and O–H groups in total. The minimum atomic E-state index is -0.899. The fourth-order valence-corrected chi connectivity index (χ4v) is 2.05. The molecule has 1 aromatic heterocycles. The standard InChI is InChI=1S/C14H19N3O2/c1-4-17(8-14(2,3)19)13(18)10-5-6-11-12(7-10)16-9-15-11/h5-7,9,19H,4,8H2,1-3H3,(H,15,16). The first-order chi connectivity index (χ1) is 8.90. The number of benzene rings is 1. The maximum atomic E-state index is 12.4. The van der Waals surface area contributed by atoms with Gasteiger partial charge in [0.05, 0.1) is 23.0 Å². The first kappa shape index (κ1) is 13.5. The minimum absolute atomic E-state index is 0.0823. The van der Waals surface area contributed by atoms with Crippen LogP contribution < -0.4 is 0 Å². The van der Waals surface area contributed by atoms with Crippen molar-refractivity contribution < 1.29 is 9.90 Å². The number of aromatic amines is 1. The van der Waals surface area contributed by atoms with Gasteiger partial charge in [-0.1, -0.05) is 0 Å². The van der Waals surface area contributed by atoms with Crippen molar-refractivity contribution in [3.8, 4) is 0 Å². The summed E-state index contributed by atoms with van der Waals surface area (Å²) in [6.07, 6.45) is 1.60. The highest BCUT2D eigenvalue weighted by Crippen LogP contribution is 2.15. The van der Waals surface area contributed by atoms with E-state index in [0.29, 0.717) is 18.7 Å². The Morgan fingerprint density at radius 3 is 2.84 bits per heavy atom. The Bertz CT molecular complexity index is 584. The van der Waals surface area contributed by atoms with E-state index in [1.807, 2.05) is 13.0 Å². The molecule has 0 aliphatic heterocycles. The number of carbonyl (C=O) groups excluding carboxylic acids is 1. The number of aliphatic hydroxyl groups is 1. The molecular weight excluding hydrogens is 242 g/mol. The zero-order valence-electron chi connectivity index (χ0n) is 11.5. The number of likely N-dealkylation sites (N-methyl/N-ethyl adjacent to an activating group) is 1. The van der Waals surface area contributed by atoms with Crippen molar-refractivity contribution in [2.24, 2.45) is 0 Å². The quantitative estimate of drug-likeness (QED) is 0.881. The lowest BCUT2D eigenvalue weighted by atomic mass is 10.1. The van der Waals surface area contributed by atoms with E-state index in [1.165, 1.54) is 0 Å². The Hall–Kier alpha value is -1.88. The van der Waals surface area contributed by atoms with Gasteiger partial charge in [-0.2, -0.15) is 0 Å². The summed E-state index contributed by atoms with van der Waals surface area (Å²) < 4.78 is 0. The number of rotatable bonds is 4. The van der Waals surface area contributed by atoms with Crippen LogP contribution in [-0.4, -0.2) is 44.6 Å². The SMILES string of the molecule is CCN(CC(C)(C)O)C(=O)c1ccc2nc[nH]c2c1. The number of aromatic nitrogens is 2. The van der Waals surface area contributed by atoms with Crippen LogP contribution >= 0.6 is 0 Å². The van der Waals surface area contributed by atoms with E-state index in [1.54, 1.807) is 37.2 Å². The Balaban J connectivity index is 2.25. The third-order valence-corrected chi connectivity index (χ3v) is 2.91. The largest absolute Gasteiger partial charge is 0.389 e. The summed E-state index contributed by atoms with van der Waals surface area (Å²) in [5, 5.41) is 9.84. The van der Waals surface area contributed by atoms with Gasteiger partial charge in [0, 0.05) is 18.7 Å². The van der Waals surface area contributed by atoms with Gasteiger partial charge in [0.25, 0.3) is 5.91 Å². The minimum Gasteiger partial charge on any atom is -0.389 e. The summed E-state index contributed by atoms with van der Waals surface area (Å²) in [5.74, 6) is -0.0823. The molecule has 0 fully saturated rings. The van der Waals surface area contributed by atoms with Crippen molar-refractivity contribution in [2.75, 3.05) is 13.1 Å². The number of nitrogens with zero attached hydrogens (tertiary/aromatic N) is 2. The van der Waals surface area contributed by atoms with Crippen LogP contribution in [0.5, 0.6) is 0 Å². The molecule has 0 aliphatic carbocycles. The summed E-state index contributed by atoms with van der Waals surface area (Å²) in [6, 6.07) is 5.37. The van der Waals surface area contributed by atoms with E-state index >= 15 is 0 Å². The van der Waals surface area contributed by atoms with Crippen molar-refractivity contribution >= 4 is 16.9 Å². The first-order valence-corrected chi connectivity index (χ1v) is 6.35. The van der Waals surface area contributed by atoms with E-state index in [0.717, 1.165) is 11.0 Å². The molecule has 0 unspecified atom stereocenters. The van der Waals surface area contributed by atoms with Gasteiger partial charge in [-0.3, -0.25) is 4.79 Å². The van der Waals surface area contributed by atoms with Crippen molar-refractivity contribution in [3.05, 3.63) is 30.1 Å². The van der Waals surface area contributed by atoms with Crippen LogP contribution in [0.1, 0.15) is 31.1 Å². The molecule has 5 nitrogen and oxygen atoms in total. The fraction of sp³-hybridized carbons (Fsp3) is 0.429. The number of H-pyrrole nitrogens is 1. The van der Waals surface area contributed by atoms with Crippen molar-refractivity contribution in [3.63, 3.8) is 0 Å². The van der Waals surface area contributed by atoms with E-state index in [9.17, 15) is 9.90 Å². The van der Waals surface area contributed by atoms with Crippen molar-refractivity contribution in [1.29, 1.82) is 0 Å². The zero-order valence-corrected chi connectivity index (χ0v) is 11.5. The second kappa shape index (κ2) is 5.01. The van der Waals surface area contributed by atoms with Crippen molar-refractivity contribution in [2.45, 2.75) is 26.4 Å². The molecule has 0 bridgehead atoms. The van der Waals surface area contributed by atoms with Crippen LogP contribution in [0.2, 0.25) is 0 Å². The van der Waals surface area contributed by atoms with Crippen LogP contribution in [0, 0.1) is 0 Å². The molecule has 5 heteroatoms. The van der Waals surface area contributed by atoms with Gasteiger partial charge in [-0.15, -0.1) is 0 Å². The monoisotopic (exact) mass is 261 g/mol. The van der Waals surface area contributed by atoms with Gasteiger partial charge in [-0.05, 0) is 39.0 Å². The van der Waals surface area contributed by atoms with Crippen LogP contribution in [0.3, 0.4) is 0 Å². The molecule has 2 aromatic rings. The molecule has 19 heavy (non-hydrogen) atoms. The molecule has 1 aromatic carbocycles. The topological polar surface area (TPSA) is 69.2 Å². The smallest absolute Gasteiger partial charge is 0.254 e. The van der Waals surface area contributed by atoms with E-state index in [2.05, 4.69) is 9.97 Å². The highest BCUT2D eigenvalue weighted by molar-refractivity contribution is 5.97. The summed E-state index contributed by atoms with van der Waals surface area (Å²) in [5.41, 5.74) is 1.37. The molecule has 0 atom stereocenters. The number of hydrogen-bond acceptors (Lipinski definition) is 3. The maximum absolute atomic E-state index is 12.4. The lowest BCUT2D eigenvalue weighted by Gasteiger charge is -2.28. The lowest BCUT2D eigenvalue weighted by molar-refractivity contribution is 0.0315. The highest BCUT2D eigenvalue weighted by atomic mass is 16.3. The Morgan fingerprint density at radius 1 is 1.47 bits per heavy atom. The Morgan fingerprint density at radius 2 is 2.21 bits per heavy atom. The number of amides is 1. The fourth-order valence-electron chi connectivity index (χ4n) is 2.05. The summed E-state index contributed by atoms with van der Waals surface area (Å²) >= 11 is 0. The second-order valence-electron chi connectivity index (χ2n) is 5.27. The predicted molar refractivity (Wildman–Crippen MR) is 74.0 cm³/mol. The number of nitrogens with one attached hydrogen (secondary N) is 1. The lowest BCUT2D eigenvalue weighted by Crippen LogP contribution is -2.42.